The standard InChI is InChI=1S/C18H26O8/c1-11(16(21)23-3)5-6-12(2)18(24-4)26-25-17(22)14-9-7-13(8-10-14)15(19)20/h5-10,15-22H,1-4H3. The molecule has 1 aromatic carbocycles. The maximum absolute atomic E-state index is 9.99. The molecule has 26 heavy (non-hydrogen) atoms. The Balaban J connectivity index is 2.67. The lowest BCUT2D eigenvalue weighted by atomic mass is 10.1. The monoisotopic (exact) mass is 370 g/mol. The van der Waals surface area contributed by atoms with Crippen LogP contribution in [0.2, 0.25) is 0 Å². The first kappa shape index (κ1) is 22.4. The zero-order valence-corrected chi connectivity index (χ0v) is 15.2. The molecule has 1 aromatic rings. The van der Waals surface area contributed by atoms with Crippen LogP contribution in [0.4, 0.5) is 0 Å². The van der Waals surface area contributed by atoms with Gasteiger partial charge in [-0.2, -0.15) is 9.78 Å². The fourth-order valence-corrected chi connectivity index (χ4v) is 1.90. The molecule has 3 atom stereocenters. The Morgan fingerprint density at radius 1 is 0.808 bits per heavy atom. The second kappa shape index (κ2) is 11.2. The average Bonchev–Trinajstić information content (AvgIpc) is 2.65. The van der Waals surface area contributed by atoms with E-state index in [2.05, 4.69) is 0 Å². The summed E-state index contributed by atoms with van der Waals surface area (Å²) < 4.78 is 9.94. The summed E-state index contributed by atoms with van der Waals surface area (Å²) in [7, 11) is 2.80. The van der Waals surface area contributed by atoms with Crippen LogP contribution >= 0.6 is 0 Å². The van der Waals surface area contributed by atoms with Crippen LogP contribution in [0.15, 0.2) is 47.6 Å². The second-order valence-corrected chi connectivity index (χ2v) is 5.56. The summed E-state index contributed by atoms with van der Waals surface area (Å²) in [4.78, 5) is 10.1. The quantitative estimate of drug-likeness (QED) is 0.211. The van der Waals surface area contributed by atoms with Gasteiger partial charge in [-0.1, -0.05) is 36.4 Å². The van der Waals surface area contributed by atoms with Gasteiger partial charge in [-0.3, -0.25) is 0 Å². The zero-order chi connectivity index (χ0) is 19.7. The van der Waals surface area contributed by atoms with Crippen molar-refractivity contribution < 1.29 is 39.7 Å². The van der Waals surface area contributed by atoms with Gasteiger partial charge in [0.2, 0.25) is 12.6 Å². The molecule has 1 rings (SSSR count). The Morgan fingerprint density at radius 2 is 1.35 bits per heavy atom. The van der Waals surface area contributed by atoms with Gasteiger partial charge in [0, 0.05) is 25.3 Å². The Morgan fingerprint density at radius 3 is 1.85 bits per heavy atom. The summed E-state index contributed by atoms with van der Waals surface area (Å²) in [5.74, 6) is 0. The minimum atomic E-state index is -1.59. The molecule has 0 aliphatic carbocycles. The van der Waals surface area contributed by atoms with Crippen molar-refractivity contribution in [3.8, 4) is 0 Å². The van der Waals surface area contributed by atoms with Crippen molar-refractivity contribution in [2.24, 2.45) is 0 Å². The molecule has 8 heteroatoms. The highest BCUT2D eigenvalue weighted by atomic mass is 17.2. The molecular weight excluding hydrogens is 344 g/mol. The molecule has 0 fully saturated rings. The van der Waals surface area contributed by atoms with Gasteiger partial charge in [0.25, 0.3) is 0 Å². The molecule has 0 aromatic heterocycles. The van der Waals surface area contributed by atoms with Crippen LogP contribution in [-0.2, 0) is 19.2 Å². The number of aliphatic hydroxyl groups is 4. The first-order valence-corrected chi connectivity index (χ1v) is 7.85. The SMILES string of the molecule is COC(O)C(C)=CC=C(C)C(OC)OOC(O)c1ccc(C(O)O)cc1. The highest BCUT2D eigenvalue weighted by Gasteiger charge is 2.16. The molecule has 0 bridgehead atoms. The van der Waals surface area contributed by atoms with Crippen molar-refractivity contribution in [1.82, 2.24) is 0 Å². The lowest BCUT2D eigenvalue weighted by Gasteiger charge is -2.18. The normalized spacial score (nSPS) is 16.7. The van der Waals surface area contributed by atoms with E-state index in [4.69, 9.17) is 29.5 Å². The molecule has 0 radical (unpaired) electrons. The van der Waals surface area contributed by atoms with Crippen molar-refractivity contribution in [1.29, 1.82) is 0 Å². The van der Waals surface area contributed by atoms with Crippen LogP contribution in [0.25, 0.3) is 0 Å². The molecule has 0 saturated heterocycles. The molecule has 0 aliphatic heterocycles. The number of rotatable bonds is 10. The van der Waals surface area contributed by atoms with Crippen molar-refractivity contribution in [3.63, 3.8) is 0 Å². The highest BCUT2D eigenvalue weighted by Crippen LogP contribution is 2.20. The van der Waals surface area contributed by atoms with Crippen LogP contribution < -0.4 is 0 Å². The maximum Gasteiger partial charge on any atom is 0.215 e. The van der Waals surface area contributed by atoms with Crippen LogP contribution in [0.5, 0.6) is 0 Å². The van der Waals surface area contributed by atoms with E-state index in [1.54, 1.807) is 26.0 Å². The Bertz CT molecular complexity index is 594. The summed E-state index contributed by atoms with van der Waals surface area (Å²) >= 11 is 0. The van der Waals surface area contributed by atoms with Crippen molar-refractivity contribution in [2.45, 2.75) is 39.0 Å². The molecule has 146 valence electrons. The summed E-state index contributed by atoms with van der Waals surface area (Å²) in [6, 6.07) is 5.84. The van der Waals surface area contributed by atoms with Crippen LogP contribution in [0.1, 0.15) is 37.6 Å². The topological polar surface area (TPSA) is 118 Å². The molecule has 0 saturated carbocycles. The summed E-state index contributed by atoms with van der Waals surface area (Å²) in [6.45, 7) is 3.43. The number of ether oxygens (including phenoxy) is 2. The van der Waals surface area contributed by atoms with Gasteiger partial charge in [-0.15, -0.1) is 0 Å². The minimum absolute atomic E-state index is 0.288. The van der Waals surface area contributed by atoms with Gasteiger partial charge in [0.1, 0.15) is 0 Å². The van der Waals surface area contributed by atoms with Gasteiger partial charge in [0.05, 0.1) is 0 Å². The Kier molecular flexibility index (Phi) is 9.63. The third kappa shape index (κ3) is 6.94. The van der Waals surface area contributed by atoms with E-state index in [-0.39, 0.29) is 5.56 Å². The summed E-state index contributed by atoms with van der Waals surface area (Å²) in [6.07, 6.45) is -1.55. The van der Waals surface area contributed by atoms with E-state index in [0.717, 1.165) is 0 Å². The lowest BCUT2D eigenvalue weighted by Crippen LogP contribution is -2.19. The fraction of sp³-hybridized carbons (Fsp3) is 0.444. The van der Waals surface area contributed by atoms with Crippen molar-refractivity contribution in [3.05, 3.63) is 58.7 Å². The van der Waals surface area contributed by atoms with Gasteiger partial charge in [-0.05, 0) is 25.0 Å². The number of aliphatic hydroxyl groups excluding tert-OH is 3. The molecule has 0 amide bonds. The highest BCUT2D eigenvalue weighted by molar-refractivity contribution is 5.23. The number of hydrogen-bond donors (Lipinski definition) is 4. The van der Waals surface area contributed by atoms with Crippen LogP contribution in [0, 0.1) is 0 Å². The van der Waals surface area contributed by atoms with Crippen molar-refractivity contribution >= 4 is 0 Å². The molecule has 4 N–H and O–H groups in total. The first-order chi connectivity index (χ1) is 12.3. The third-order valence-electron chi connectivity index (χ3n) is 3.56. The number of allylic oxidation sites excluding steroid dienone is 2. The van der Waals surface area contributed by atoms with E-state index < -0.39 is 25.2 Å². The minimum Gasteiger partial charge on any atom is -0.364 e. The third-order valence-corrected chi connectivity index (χ3v) is 3.56. The molecule has 0 heterocycles. The molecule has 0 aliphatic rings. The largest absolute Gasteiger partial charge is 0.364 e. The predicted molar refractivity (Wildman–Crippen MR) is 92.1 cm³/mol. The van der Waals surface area contributed by atoms with Crippen LogP contribution in [0.3, 0.4) is 0 Å². The number of hydrogen-bond acceptors (Lipinski definition) is 8. The van der Waals surface area contributed by atoms with Gasteiger partial charge in [-0.25, -0.2) is 0 Å². The van der Waals surface area contributed by atoms with E-state index in [1.807, 2.05) is 0 Å². The zero-order valence-electron chi connectivity index (χ0n) is 15.2. The Hall–Kier alpha value is -1.62. The average molecular weight is 370 g/mol. The van der Waals surface area contributed by atoms with Gasteiger partial charge in [0.15, 0.2) is 12.6 Å². The molecule has 8 nitrogen and oxygen atoms in total. The van der Waals surface area contributed by atoms with Crippen molar-refractivity contribution in [2.75, 3.05) is 14.2 Å². The summed E-state index contributed by atoms with van der Waals surface area (Å²) in [5, 5.41) is 37.6. The Labute approximate surface area is 152 Å². The van der Waals surface area contributed by atoms with E-state index in [0.29, 0.717) is 16.7 Å². The summed E-state index contributed by atoms with van der Waals surface area (Å²) in [5.41, 5.74) is 1.87. The van der Waals surface area contributed by atoms with E-state index in [9.17, 15) is 10.2 Å². The van der Waals surface area contributed by atoms with Gasteiger partial charge < -0.3 is 29.9 Å². The molecule has 0 spiro atoms. The lowest BCUT2D eigenvalue weighted by molar-refractivity contribution is -0.421. The fourth-order valence-electron chi connectivity index (χ4n) is 1.90. The van der Waals surface area contributed by atoms with Gasteiger partial charge >= 0.3 is 0 Å². The number of benzene rings is 1. The molecule has 3 unspecified atom stereocenters. The first-order valence-electron chi connectivity index (χ1n) is 7.85. The second-order valence-electron chi connectivity index (χ2n) is 5.56. The van der Waals surface area contributed by atoms with Crippen LogP contribution in [-0.4, -0.2) is 47.2 Å². The van der Waals surface area contributed by atoms with E-state index >= 15 is 0 Å². The molecular formula is C18H26O8. The number of methoxy groups -OCH3 is 2. The predicted octanol–water partition coefficient (Wildman–Crippen LogP) is 1.44. The maximum atomic E-state index is 9.99. The van der Waals surface area contributed by atoms with E-state index in [1.165, 1.54) is 38.5 Å². The smallest absolute Gasteiger partial charge is 0.215 e.